The Balaban J connectivity index is 3.39. The first-order valence-electron chi connectivity index (χ1n) is 10.2. The Labute approximate surface area is 202 Å². The molecular weight excluding hydrogens is 488 g/mol. The molecule has 0 saturated carbocycles. The van der Waals surface area contributed by atoms with Crippen LogP contribution >= 0.6 is 0 Å². The predicted octanol–water partition coefficient (Wildman–Crippen LogP) is 3.06. The molecule has 11 nitrogen and oxygen atoms in total. The van der Waals surface area contributed by atoms with Crippen LogP contribution in [-0.4, -0.2) is 70.7 Å². The normalized spacial score (nSPS) is 13.9. The summed E-state index contributed by atoms with van der Waals surface area (Å²) in [4.78, 5) is 43.1. The van der Waals surface area contributed by atoms with Gasteiger partial charge in [0.1, 0.15) is 22.1 Å². The highest BCUT2D eigenvalue weighted by Crippen LogP contribution is 2.25. The molecule has 0 heterocycles. The van der Waals surface area contributed by atoms with Crippen molar-refractivity contribution in [1.82, 2.24) is 9.37 Å². The summed E-state index contributed by atoms with van der Waals surface area (Å²) in [5, 5.41) is 0. The lowest BCUT2D eigenvalue weighted by Gasteiger charge is -2.29. The molecule has 0 spiro atoms. The number of nitrogens with zero attached hydrogens (tertiary/aromatic N) is 2. The predicted molar refractivity (Wildman–Crippen MR) is 124 cm³/mol. The van der Waals surface area contributed by atoms with Crippen LogP contribution in [-0.2, 0) is 39.9 Å². The van der Waals surface area contributed by atoms with Crippen molar-refractivity contribution in [2.24, 2.45) is 0 Å². The van der Waals surface area contributed by atoms with E-state index in [9.17, 15) is 27.0 Å². The van der Waals surface area contributed by atoms with Crippen molar-refractivity contribution in [3.63, 3.8) is 0 Å². The van der Waals surface area contributed by atoms with Crippen LogP contribution in [0.5, 0.6) is 0 Å². The third kappa shape index (κ3) is 7.97. The Bertz CT molecular complexity index is 1060. The molecule has 0 radical (unpaired) electrons. The average molecular weight is 521 g/mol. The Hall–Kier alpha value is -2.67. The van der Waals surface area contributed by atoms with Crippen molar-refractivity contribution in [3.8, 4) is 0 Å². The lowest BCUT2D eigenvalue weighted by molar-refractivity contribution is -0.172. The van der Waals surface area contributed by atoms with Gasteiger partial charge < -0.3 is 14.3 Å². The summed E-state index contributed by atoms with van der Waals surface area (Å²) in [7, 11) is -5.36. The van der Waals surface area contributed by atoms with Crippen LogP contribution < -0.4 is 0 Å². The van der Waals surface area contributed by atoms with Crippen LogP contribution in [0.2, 0.25) is 0 Å². The number of carbonyl (C=O) groups excluding carboxylic acids is 3. The standard InChI is InChI=1S/C21H32N2O9S2/c1-14(22(8)18(25)30-20(2,3)4)17(24)32-23(19(26)31-21(5,6)7)34(28,29)16-13-11-10-12-15(16)33(9)27/h10-14H,1-9H3/t14-,33?/m0/s1. The maximum Gasteiger partial charge on any atom is 0.459 e. The van der Waals surface area contributed by atoms with Gasteiger partial charge >= 0.3 is 28.2 Å². The van der Waals surface area contributed by atoms with Gasteiger partial charge in [-0.3, -0.25) is 9.11 Å². The Morgan fingerprint density at radius 2 is 1.41 bits per heavy atom. The topological polar surface area (TPSA) is 137 Å². The van der Waals surface area contributed by atoms with Gasteiger partial charge in [0.05, 0.1) is 15.7 Å². The molecule has 0 bridgehead atoms. The highest BCUT2D eigenvalue weighted by molar-refractivity contribution is 7.91. The Morgan fingerprint density at radius 1 is 0.941 bits per heavy atom. The second-order valence-corrected chi connectivity index (χ2v) is 12.4. The second kappa shape index (κ2) is 10.7. The second-order valence-electron chi connectivity index (χ2n) is 9.29. The van der Waals surface area contributed by atoms with Crippen LogP contribution in [0, 0.1) is 0 Å². The summed E-state index contributed by atoms with van der Waals surface area (Å²) in [6, 6.07) is 3.91. The molecule has 0 aliphatic rings. The van der Waals surface area contributed by atoms with Gasteiger partial charge in [0.15, 0.2) is 0 Å². The fraction of sp³-hybridized carbons (Fsp3) is 0.571. The number of benzene rings is 1. The smallest absolute Gasteiger partial charge is 0.444 e. The molecule has 0 saturated heterocycles. The minimum atomic E-state index is -4.86. The van der Waals surface area contributed by atoms with E-state index < -0.39 is 61.1 Å². The van der Waals surface area contributed by atoms with E-state index in [0.717, 1.165) is 11.0 Å². The number of likely N-dealkylation sites (N-methyl/N-ethyl adjacent to an activating group) is 1. The van der Waals surface area contributed by atoms with E-state index >= 15 is 0 Å². The van der Waals surface area contributed by atoms with Crippen LogP contribution in [0.25, 0.3) is 0 Å². The van der Waals surface area contributed by atoms with Gasteiger partial charge in [0.25, 0.3) is 0 Å². The molecule has 13 heteroatoms. The molecule has 1 aromatic rings. The van der Waals surface area contributed by atoms with Gasteiger partial charge in [-0.2, -0.15) is 8.42 Å². The van der Waals surface area contributed by atoms with E-state index in [1.54, 1.807) is 20.8 Å². The zero-order chi connectivity index (χ0) is 26.6. The van der Waals surface area contributed by atoms with E-state index in [1.807, 2.05) is 0 Å². The number of carbonyl (C=O) groups is 3. The first-order valence-corrected chi connectivity index (χ1v) is 13.2. The summed E-state index contributed by atoms with van der Waals surface area (Å²) in [5.41, 5.74) is -1.98. The van der Waals surface area contributed by atoms with Crippen molar-refractivity contribution in [2.45, 2.75) is 75.5 Å². The van der Waals surface area contributed by atoms with Crippen LogP contribution in [0.4, 0.5) is 9.59 Å². The molecule has 0 fully saturated rings. The summed E-state index contributed by atoms with van der Waals surface area (Å²) in [6.45, 7) is 10.6. The highest BCUT2D eigenvalue weighted by Gasteiger charge is 2.40. The minimum absolute atomic E-state index is 0.106. The van der Waals surface area contributed by atoms with Crippen molar-refractivity contribution >= 4 is 39.0 Å². The van der Waals surface area contributed by atoms with Crippen molar-refractivity contribution < 1.29 is 41.3 Å². The largest absolute Gasteiger partial charge is 0.459 e. The molecule has 2 amide bonds. The van der Waals surface area contributed by atoms with Crippen molar-refractivity contribution in [3.05, 3.63) is 24.3 Å². The van der Waals surface area contributed by atoms with Crippen molar-refractivity contribution in [1.29, 1.82) is 0 Å². The summed E-state index contributed by atoms with van der Waals surface area (Å²) < 4.78 is 48.9. The molecule has 34 heavy (non-hydrogen) atoms. The summed E-state index contributed by atoms with van der Waals surface area (Å²) in [5.74, 6) is -1.25. The number of rotatable bonds is 5. The molecule has 1 aromatic carbocycles. The monoisotopic (exact) mass is 520 g/mol. The van der Waals surface area contributed by atoms with E-state index in [2.05, 4.69) is 0 Å². The zero-order valence-corrected chi connectivity index (χ0v) is 22.4. The third-order valence-electron chi connectivity index (χ3n) is 3.97. The summed E-state index contributed by atoms with van der Waals surface area (Å²) >= 11 is 0. The van der Waals surface area contributed by atoms with Gasteiger partial charge in [-0.1, -0.05) is 12.1 Å². The number of ether oxygens (including phenoxy) is 2. The van der Waals surface area contributed by atoms with Crippen LogP contribution in [0.15, 0.2) is 34.1 Å². The lowest BCUT2D eigenvalue weighted by Crippen LogP contribution is -2.48. The first-order chi connectivity index (χ1) is 15.3. The lowest BCUT2D eigenvalue weighted by atomic mass is 10.2. The molecule has 0 aliphatic heterocycles. The molecule has 0 aliphatic carbocycles. The molecule has 192 valence electrons. The Kier molecular flexibility index (Phi) is 9.26. The Morgan fingerprint density at radius 3 is 1.88 bits per heavy atom. The van der Waals surface area contributed by atoms with E-state index in [1.165, 1.54) is 59.2 Å². The fourth-order valence-corrected chi connectivity index (χ4v) is 4.73. The maximum absolute atomic E-state index is 13.3. The SMILES string of the molecule is C[C@@H](C(=O)ON(C(=O)OC(C)(C)C)S(=O)(=O)c1ccccc1S(C)=O)N(C)C(=O)OC(C)(C)C. The molecular formula is C21H32N2O9S2. The van der Waals surface area contributed by atoms with Gasteiger partial charge in [0.2, 0.25) is 0 Å². The number of amides is 2. The molecule has 1 rings (SSSR count). The van der Waals surface area contributed by atoms with E-state index in [4.69, 9.17) is 14.3 Å². The van der Waals surface area contributed by atoms with Gasteiger partial charge in [-0.15, -0.1) is 0 Å². The molecule has 2 atom stereocenters. The molecule has 1 unspecified atom stereocenters. The number of hydroxylamine groups is 1. The van der Waals surface area contributed by atoms with Crippen molar-refractivity contribution in [2.75, 3.05) is 13.3 Å². The molecule has 0 aromatic heterocycles. The zero-order valence-electron chi connectivity index (χ0n) is 20.8. The average Bonchev–Trinajstić information content (AvgIpc) is 2.67. The minimum Gasteiger partial charge on any atom is -0.444 e. The van der Waals surface area contributed by atoms with Gasteiger partial charge in [-0.25, -0.2) is 14.4 Å². The third-order valence-corrected chi connectivity index (χ3v) is 6.65. The van der Waals surface area contributed by atoms with Crippen LogP contribution in [0.3, 0.4) is 0 Å². The summed E-state index contributed by atoms with van der Waals surface area (Å²) in [6.07, 6.45) is -1.10. The van der Waals surface area contributed by atoms with E-state index in [0.29, 0.717) is 0 Å². The number of hydrogen-bond acceptors (Lipinski definition) is 9. The van der Waals surface area contributed by atoms with Gasteiger partial charge in [-0.05, 0) is 65.1 Å². The highest BCUT2D eigenvalue weighted by atomic mass is 32.2. The number of hydrogen-bond donors (Lipinski definition) is 0. The first kappa shape index (κ1) is 29.4. The van der Waals surface area contributed by atoms with Gasteiger partial charge in [0, 0.05) is 13.3 Å². The number of sulfonamides is 1. The van der Waals surface area contributed by atoms with Crippen LogP contribution in [0.1, 0.15) is 48.5 Å². The quantitative estimate of drug-likeness (QED) is 0.536. The fourth-order valence-electron chi connectivity index (χ4n) is 2.28. The maximum atomic E-state index is 13.3. The van der Waals surface area contributed by atoms with E-state index in [-0.39, 0.29) is 9.36 Å². The molecule has 0 N–H and O–H groups in total.